The van der Waals surface area contributed by atoms with Crippen LogP contribution in [0.25, 0.3) is 0 Å². The fraction of sp³-hybridized carbons (Fsp3) is 0.824. The van der Waals surface area contributed by atoms with Crippen molar-refractivity contribution < 1.29 is 4.74 Å². The minimum atomic E-state index is -1.00. The Morgan fingerprint density at radius 1 is 0.593 bits per heavy atom. The molecule has 0 bridgehead atoms. The van der Waals surface area contributed by atoms with E-state index in [-0.39, 0.29) is 5.60 Å². The molecule has 2 unspecified atom stereocenters. The number of ether oxygens (including phenoxy) is 1. The molecule has 0 aromatic rings. The molecule has 1 rings (SSSR count). The van der Waals surface area contributed by atoms with Gasteiger partial charge < -0.3 is 10.5 Å². The third-order valence-electron chi connectivity index (χ3n) is 12.2. The standard InChI is InChI=1S/C51H96NOP/c1-6-8-10-12-14-16-18-20-22-24-26-28-30-32-34-37-42-51(43-38-35-33-31-29-27-25-23-21-19-17-15-13-11-9-7-2)47-50(48-53-51)49(3)41-36-39-45-54(4,5)46-40-44-52/h14-17,20-23,49-50H,4,6-13,18-19,24-48,52H2,1-3,5H3/b16-14-,17-15-,22-20-,23-21-/t49?,50-,54?/m1/s1. The average Bonchev–Trinajstić information content (AvgIpc) is 3.59. The summed E-state index contributed by atoms with van der Waals surface area (Å²) in [4.78, 5) is 0. The monoisotopic (exact) mass is 770 g/mol. The van der Waals surface area contributed by atoms with Crippen LogP contribution in [0.15, 0.2) is 48.6 Å². The van der Waals surface area contributed by atoms with Gasteiger partial charge in [-0.1, -0.05) is 172 Å². The Kier molecular flexibility index (Phi) is 34.6. The van der Waals surface area contributed by atoms with E-state index in [0.29, 0.717) is 0 Å². The zero-order valence-electron chi connectivity index (χ0n) is 37.2. The maximum atomic E-state index is 6.89. The van der Waals surface area contributed by atoms with Crippen LogP contribution in [0.3, 0.4) is 0 Å². The summed E-state index contributed by atoms with van der Waals surface area (Å²) in [5.41, 5.74) is 5.94. The third kappa shape index (κ3) is 30.3. The van der Waals surface area contributed by atoms with Crippen LogP contribution in [0, 0.1) is 11.8 Å². The predicted molar refractivity (Wildman–Crippen MR) is 251 cm³/mol. The predicted octanol–water partition coefficient (Wildman–Crippen LogP) is 16.4. The Balaban J connectivity index is 2.38. The summed E-state index contributed by atoms with van der Waals surface area (Å²) in [6.45, 7) is 10.3. The molecule has 3 atom stereocenters. The fourth-order valence-corrected chi connectivity index (χ4v) is 10.5. The van der Waals surface area contributed by atoms with Crippen molar-refractivity contribution in [2.75, 3.05) is 32.1 Å². The van der Waals surface area contributed by atoms with Crippen molar-refractivity contribution in [3.05, 3.63) is 48.6 Å². The van der Waals surface area contributed by atoms with Crippen LogP contribution < -0.4 is 5.73 Å². The van der Waals surface area contributed by atoms with Gasteiger partial charge in [0.1, 0.15) is 0 Å². The lowest BCUT2D eigenvalue weighted by atomic mass is 9.79. The Labute approximate surface area is 340 Å². The second kappa shape index (κ2) is 36.5. The largest absolute Gasteiger partial charge is 0.375 e. The molecule has 0 aromatic heterocycles. The van der Waals surface area contributed by atoms with E-state index in [4.69, 9.17) is 10.5 Å². The van der Waals surface area contributed by atoms with E-state index in [0.717, 1.165) is 44.2 Å². The number of allylic oxidation sites excluding steroid dienone is 8. The van der Waals surface area contributed by atoms with Crippen molar-refractivity contribution in [3.8, 4) is 0 Å². The van der Waals surface area contributed by atoms with Gasteiger partial charge in [0, 0.05) is 0 Å². The zero-order valence-corrected chi connectivity index (χ0v) is 38.1. The number of rotatable bonds is 39. The molecule has 1 heterocycles. The second-order valence-corrected chi connectivity index (χ2v) is 21.9. The molecular formula is C51H96NOP. The van der Waals surface area contributed by atoms with Gasteiger partial charge >= 0.3 is 0 Å². The van der Waals surface area contributed by atoms with E-state index in [1.165, 1.54) is 192 Å². The lowest BCUT2D eigenvalue weighted by Gasteiger charge is -2.30. The van der Waals surface area contributed by atoms with Crippen LogP contribution in [-0.2, 0) is 4.74 Å². The van der Waals surface area contributed by atoms with Crippen LogP contribution in [-0.4, -0.2) is 44.0 Å². The smallest absolute Gasteiger partial charge is 0.0686 e. The van der Waals surface area contributed by atoms with E-state index in [1.807, 2.05) is 0 Å². The highest BCUT2D eigenvalue weighted by molar-refractivity contribution is 7.73. The van der Waals surface area contributed by atoms with Crippen molar-refractivity contribution in [3.63, 3.8) is 0 Å². The van der Waals surface area contributed by atoms with Crippen LogP contribution >= 0.6 is 6.89 Å². The molecule has 1 aliphatic heterocycles. The lowest BCUT2D eigenvalue weighted by molar-refractivity contribution is -0.0145. The molecule has 1 saturated heterocycles. The van der Waals surface area contributed by atoms with Crippen molar-refractivity contribution >= 4 is 13.2 Å². The SMILES string of the molecule is C=P(C)(CCCN)CCCCC(C)[C@H]1COC(CCCCCCCC/C=C\C/C=C\CCCCC)(CCCCCCCC/C=C\C/C=C\CCCCC)C1. The molecule has 1 fully saturated rings. The number of hydrogen-bond donors (Lipinski definition) is 1. The van der Waals surface area contributed by atoms with Gasteiger partial charge in [-0.05, 0) is 134 Å². The van der Waals surface area contributed by atoms with Crippen molar-refractivity contribution in [1.82, 2.24) is 0 Å². The molecule has 0 aliphatic carbocycles. The molecule has 2 N–H and O–H groups in total. The molecule has 0 saturated carbocycles. The molecular weight excluding hydrogens is 674 g/mol. The first kappa shape index (κ1) is 51.2. The molecule has 0 spiro atoms. The fourth-order valence-electron chi connectivity index (χ4n) is 8.37. The maximum Gasteiger partial charge on any atom is 0.0686 e. The number of nitrogens with two attached hydrogens (primary N) is 1. The Bertz CT molecular complexity index is 930. The van der Waals surface area contributed by atoms with Crippen LogP contribution in [0.1, 0.15) is 220 Å². The van der Waals surface area contributed by atoms with Gasteiger partial charge in [-0.25, -0.2) is 0 Å². The van der Waals surface area contributed by atoms with Gasteiger partial charge in [0.05, 0.1) is 12.2 Å². The van der Waals surface area contributed by atoms with Gasteiger partial charge in [0.25, 0.3) is 0 Å². The minimum Gasteiger partial charge on any atom is -0.375 e. The summed E-state index contributed by atoms with van der Waals surface area (Å²) in [7, 11) is 0. The summed E-state index contributed by atoms with van der Waals surface area (Å²) in [5, 5.41) is 0. The third-order valence-corrected chi connectivity index (χ3v) is 15.0. The van der Waals surface area contributed by atoms with Gasteiger partial charge in [-0.3, -0.25) is 0 Å². The highest BCUT2D eigenvalue weighted by Gasteiger charge is 2.41. The normalized spacial score (nSPS) is 17.9. The van der Waals surface area contributed by atoms with Crippen molar-refractivity contribution in [1.29, 1.82) is 0 Å². The summed E-state index contributed by atoms with van der Waals surface area (Å²) in [6.07, 6.45) is 67.0. The van der Waals surface area contributed by atoms with Crippen LogP contribution in [0.4, 0.5) is 0 Å². The second-order valence-electron chi connectivity index (χ2n) is 17.8. The molecule has 0 amide bonds. The molecule has 2 nitrogen and oxygen atoms in total. The van der Waals surface area contributed by atoms with E-state index in [2.05, 4.69) is 82.3 Å². The minimum absolute atomic E-state index is 0.156. The molecule has 54 heavy (non-hydrogen) atoms. The van der Waals surface area contributed by atoms with E-state index >= 15 is 0 Å². The Morgan fingerprint density at radius 3 is 1.48 bits per heavy atom. The van der Waals surface area contributed by atoms with E-state index < -0.39 is 6.89 Å². The van der Waals surface area contributed by atoms with Gasteiger partial charge in [-0.15, -0.1) is 13.2 Å². The van der Waals surface area contributed by atoms with Gasteiger partial charge in [0.15, 0.2) is 0 Å². The lowest BCUT2D eigenvalue weighted by Crippen LogP contribution is -2.28. The first-order valence-corrected chi connectivity index (χ1v) is 26.8. The Hall–Kier alpha value is -0.820. The average molecular weight is 770 g/mol. The first-order valence-electron chi connectivity index (χ1n) is 24.0. The van der Waals surface area contributed by atoms with Crippen molar-refractivity contribution in [2.24, 2.45) is 17.6 Å². The quantitative estimate of drug-likeness (QED) is 0.0384. The number of unbranched alkanes of at least 4 members (excludes halogenated alkanes) is 19. The molecule has 1 aliphatic rings. The maximum absolute atomic E-state index is 6.89. The highest BCUT2D eigenvalue weighted by atomic mass is 31.2. The summed E-state index contributed by atoms with van der Waals surface area (Å²) < 4.78 is 6.89. The highest BCUT2D eigenvalue weighted by Crippen LogP contribution is 2.44. The van der Waals surface area contributed by atoms with E-state index in [9.17, 15) is 0 Å². The van der Waals surface area contributed by atoms with Gasteiger partial charge in [-0.2, -0.15) is 0 Å². The summed E-state index contributed by atoms with van der Waals surface area (Å²) >= 11 is 0. The Morgan fingerprint density at radius 2 is 1.02 bits per heavy atom. The molecule has 3 heteroatoms. The molecule has 0 aromatic carbocycles. The topological polar surface area (TPSA) is 35.2 Å². The van der Waals surface area contributed by atoms with Crippen molar-refractivity contribution in [2.45, 2.75) is 225 Å². The summed E-state index contributed by atoms with van der Waals surface area (Å²) in [6, 6.07) is 0. The first-order chi connectivity index (χ1) is 26.4. The molecule has 316 valence electrons. The van der Waals surface area contributed by atoms with Crippen LogP contribution in [0.5, 0.6) is 0 Å². The van der Waals surface area contributed by atoms with E-state index in [1.54, 1.807) is 0 Å². The van der Waals surface area contributed by atoms with Gasteiger partial charge in [0.2, 0.25) is 0 Å². The van der Waals surface area contributed by atoms with Crippen LogP contribution in [0.2, 0.25) is 0 Å². The summed E-state index contributed by atoms with van der Waals surface area (Å²) in [5.74, 6) is 1.52. The molecule has 0 radical (unpaired) electrons. The number of hydrogen-bond acceptors (Lipinski definition) is 2. The zero-order chi connectivity index (χ0) is 39.3.